The minimum Gasteiger partial charge on any atom is -0.744 e. The summed E-state index contributed by atoms with van der Waals surface area (Å²) >= 11 is 0. The van der Waals surface area contributed by atoms with Crippen molar-refractivity contribution in [2.75, 3.05) is 21.3 Å². The first-order valence-corrected chi connectivity index (χ1v) is 16.5. The average molecular weight is 786 g/mol. The van der Waals surface area contributed by atoms with Gasteiger partial charge in [0.2, 0.25) is 11.2 Å². The summed E-state index contributed by atoms with van der Waals surface area (Å²) in [6.07, 6.45) is 2.34. The zero-order chi connectivity index (χ0) is 35.2. The van der Waals surface area contributed by atoms with Gasteiger partial charge in [0, 0.05) is 0 Å². The number of methoxy groups -OCH3 is 3. The van der Waals surface area contributed by atoms with E-state index in [0.717, 1.165) is 12.1 Å². The van der Waals surface area contributed by atoms with Crippen LogP contribution in [0.25, 0.3) is 12.2 Å². The van der Waals surface area contributed by atoms with Crippen molar-refractivity contribution in [3.8, 4) is 18.0 Å². The van der Waals surface area contributed by atoms with Crippen LogP contribution < -0.4 is 134 Å². The van der Waals surface area contributed by atoms with Crippen molar-refractivity contribution < 1.29 is 143 Å². The summed E-state index contributed by atoms with van der Waals surface area (Å²) in [7, 11) is -6.10. The van der Waals surface area contributed by atoms with Gasteiger partial charge in [-0.15, -0.1) is 0 Å². The Kier molecular flexibility index (Phi) is 15.8. The predicted octanol–water partition coefficient (Wildman–Crippen LogP) is -4.43. The number of aromatic amines is 3. The van der Waals surface area contributed by atoms with Crippen LogP contribution in [0.15, 0.2) is 91.5 Å². The molecule has 0 saturated carbocycles. The molecule has 0 atom stereocenters. The molecule has 0 radical (unpaired) electrons. The van der Waals surface area contributed by atoms with Gasteiger partial charge in [-0.3, -0.25) is 15.0 Å². The molecule has 2 heterocycles. The Hall–Kier alpha value is -2.69. The maximum Gasteiger partial charge on any atom is 1.00 e. The number of benzene rings is 3. The summed E-state index contributed by atoms with van der Waals surface area (Å²) in [5.74, 6) is 0. The van der Waals surface area contributed by atoms with Crippen LogP contribution in [0.1, 0.15) is 11.1 Å². The van der Waals surface area contributed by atoms with E-state index in [1.54, 1.807) is 24.3 Å². The molecule has 22 heteroatoms. The molecule has 0 aliphatic carbocycles. The van der Waals surface area contributed by atoms with Crippen molar-refractivity contribution in [3.63, 3.8) is 0 Å². The van der Waals surface area contributed by atoms with E-state index in [4.69, 9.17) is 14.2 Å². The second kappa shape index (κ2) is 18.9. The molecule has 0 bridgehead atoms. The number of ether oxygens (including phenoxy) is 3. The van der Waals surface area contributed by atoms with Crippen LogP contribution in [0.5, 0.6) is 18.0 Å². The number of rotatable bonds is 10. The van der Waals surface area contributed by atoms with Crippen LogP contribution in [0, 0.1) is 0 Å². The Morgan fingerprint density at radius 1 is 0.608 bits per heavy atom. The van der Waals surface area contributed by atoms with Gasteiger partial charge in [-0.1, -0.05) is 42.5 Å². The molecule has 0 unspecified atom stereocenters. The number of nitrogens with one attached hydrogen (secondary N) is 3. The van der Waals surface area contributed by atoms with E-state index in [1.165, 1.54) is 57.7 Å². The van der Waals surface area contributed by atoms with Gasteiger partial charge in [0.05, 0.1) is 48.2 Å². The van der Waals surface area contributed by atoms with Crippen molar-refractivity contribution in [1.82, 2.24) is 29.9 Å². The van der Waals surface area contributed by atoms with Gasteiger partial charge < -0.3 is 23.3 Å². The monoisotopic (exact) mass is 785 g/mol. The smallest absolute Gasteiger partial charge is 0.744 e. The third-order valence-electron chi connectivity index (χ3n) is 6.30. The molecule has 2 aromatic heterocycles. The topological polar surface area (TPSA) is 265 Å². The molecule has 0 aliphatic heterocycles. The SMILES string of the molecule is COc1nc(=Nc2ccc(/C=C/c3ccc(N=c4[nH]c(OC)nc(=Nc5ccccc5)[nH]4)cc3S(=O)(=O)[O-])c(S(=O)(=O)[O-])c2)nc(OC)[nH]1.[K+].[K+]. The maximum atomic E-state index is 12.3. The zero-order valence-electron chi connectivity index (χ0n) is 27.7. The minimum absolute atomic E-state index is 0. The maximum absolute atomic E-state index is 12.3. The summed E-state index contributed by atoms with van der Waals surface area (Å²) in [5.41, 5.74) is 0.422. The molecule has 0 spiro atoms. The van der Waals surface area contributed by atoms with Crippen molar-refractivity contribution in [1.29, 1.82) is 0 Å². The molecular formula is C29H25K2N9O9S2. The number of hydrogen-bond acceptors (Lipinski definition) is 15. The average Bonchev–Trinajstić information content (AvgIpc) is 3.07. The molecule has 0 aliphatic rings. The number of aromatic nitrogens is 6. The van der Waals surface area contributed by atoms with Crippen LogP contribution in [0.4, 0.5) is 17.1 Å². The van der Waals surface area contributed by atoms with Crippen molar-refractivity contribution in [3.05, 3.63) is 94.7 Å². The normalized spacial score (nSPS) is 12.2. The molecule has 0 saturated heterocycles. The van der Waals surface area contributed by atoms with E-state index >= 15 is 0 Å². The van der Waals surface area contributed by atoms with E-state index in [9.17, 15) is 25.9 Å². The van der Waals surface area contributed by atoms with Crippen LogP contribution >= 0.6 is 0 Å². The second-order valence-corrected chi connectivity index (χ2v) is 12.3. The summed E-state index contributed by atoms with van der Waals surface area (Å²) in [5, 5.41) is 0. The zero-order valence-corrected chi connectivity index (χ0v) is 35.6. The number of para-hydroxylation sites is 1. The summed E-state index contributed by atoms with van der Waals surface area (Å²) < 4.78 is 88.7. The fourth-order valence-electron chi connectivity index (χ4n) is 4.14. The quantitative estimate of drug-likeness (QED) is 0.0688. The van der Waals surface area contributed by atoms with Gasteiger partial charge >= 0.3 is 115 Å². The third kappa shape index (κ3) is 11.9. The second-order valence-electron chi connectivity index (χ2n) is 9.57. The summed E-state index contributed by atoms with van der Waals surface area (Å²) in [6.45, 7) is 0. The van der Waals surface area contributed by atoms with Crippen molar-refractivity contribution >= 4 is 49.5 Å². The van der Waals surface area contributed by atoms with E-state index in [-0.39, 0.29) is 160 Å². The number of hydrogen-bond donors (Lipinski definition) is 3. The van der Waals surface area contributed by atoms with Gasteiger partial charge in [0.15, 0.2) is 0 Å². The molecule has 5 aromatic rings. The van der Waals surface area contributed by atoms with E-state index < -0.39 is 30.0 Å². The first kappa shape index (κ1) is 42.7. The first-order chi connectivity index (χ1) is 23.3. The number of nitrogens with zero attached hydrogens (tertiary/aromatic N) is 6. The van der Waals surface area contributed by atoms with Crippen LogP contribution in [0.2, 0.25) is 0 Å². The van der Waals surface area contributed by atoms with Crippen molar-refractivity contribution in [2.24, 2.45) is 15.0 Å². The molecule has 3 aromatic carbocycles. The Morgan fingerprint density at radius 2 is 1.10 bits per heavy atom. The fraction of sp³-hybridized carbons (Fsp3) is 0.103. The largest absolute Gasteiger partial charge is 1.00 e. The van der Waals surface area contributed by atoms with E-state index in [0.29, 0.717) is 5.69 Å². The minimum atomic E-state index is -5.07. The van der Waals surface area contributed by atoms with Gasteiger partial charge in [-0.2, -0.15) is 15.0 Å². The number of H-pyrrole nitrogens is 3. The van der Waals surface area contributed by atoms with Crippen LogP contribution in [-0.2, 0) is 20.2 Å². The summed E-state index contributed by atoms with van der Waals surface area (Å²) in [4.78, 5) is 31.9. The van der Waals surface area contributed by atoms with E-state index in [1.807, 2.05) is 6.07 Å². The van der Waals surface area contributed by atoms with Gasteiger partial charge in [-0.05, 0) is 47.5 Å². The molecule has 5 rings (SSSR count). The summed E-state index contributed by atoms with van der Waals surface area (Å²) in [6, 6.07) is 16.3. The van der Waals surface area contributed by atoms with Crippen molar-refractivity contribution in [2.45, 2.75) is 9.79 Å². The Labute approximate surface area is 375 Å². The standard InChI is InChI=1S/C29H27N9O9S2.2K/c1-45-27-34-24(30-19-7-5-4-6-8-19)33-25(35-27)31-20-13-11-17(22(15-20)48(39,40)41)9-10-18-12-14-21(16-23(18)49(42,43)44)32-26-36-28(46-2)38-29(37-26)47-3;;/h4-16H,1-3H3,(H,39,40,41)(H,42,43,44)(H,32,36,37,38)(H2,30,31,33,34,35);;/q;2*+1/p-2/b10-9+;;. The molecular weight excluding hydrogens is 761 g/mol. The fourth-order valence-corrected chi connectivity index (χ4v) is 5.52. The van der Waals surface area contributed by atoms with Gasteiger partial charge in [0.25, 0.3) is 11.6 Å². The molecule has 18 nitrogen and oxygen atoms in total. The Balaban J connectivity index is 0.00000351. The Morgan fingerprint density at radius 3 is 1.59 bits per heavy atom. The molecule has 51 heavy (non-hydrogen) atoms. The van der Waals surface area contributed by atoms with E-state index in [2.05, 4.69) is 44.9 Å². The van der Waals surface area contributed by atoms with Crippen LogP contribution in [0.3, 0.4) is 0 Å². The van der Waals surface area contributed by atoms with Gasteiger partial charge in [-0.25, -0.2) is 31.8 Å². The third-order valence-corrected chi connectivity index (χ3v) is 8.08. The Bertz CT molecular complexity index is 2460. The van der Waals surface area contributed by atoms with Gasteiger partial charge in [0.1, 0.15) is 20.2 Å². The first-order valence-electron chi connectivity index (χ1n) is 13.7. The molecule has 0 amide bonds. The molecule has 3 N–H and O–H groups in total. The molecule has 254 valence electrons. The van der Waals surface area contributed by atoms with Crippen LogP contribution in [-0.4, -0.2) is 77.2 Å². The predicted molar refractivity (Wildman–Crippen MR) is 169 cm³/mol. The molecule has 0 fully saturated rings.